The van der Waals surface area contributed by atoms with E-state index in [4.69, 9.17) is 0 Å². The second-order valence-electron chi connectivity index (χ2n) is 6.59. The van der Waals surface area contributed by atoms with Gasteiger partial charge in [-0.05, 0) is 26.0 Å². The number of benzene rings is 2. The molecule has 1 aliphatic rings. The monoisotopic (exact) mass is 389 g/mol. The maximum atomic E-state index is 12.9. The lowest BCUT2D eigenvalue weighted by atomic mass is 9.93. The molecule has 2 amide bonds. The van der Waals surface area contributed by atoms with E-state index in [1.165, 1.54) is 0 Å². The first-order valence-corrected chi connectivity index (χ1v) is 10.3. The number of imide groups is 1. The first-order valence-electron chi connectivity index (χ1n) is 8.63. The summed E-state index contributed by atoms with van der Waals surface area (Å²) in [5.41, 5.74) is 2.76. The van der Waals surface area contributed by atoms with Gasteiger partial charge in [0, 0.05) is 41.1 Å². The second kappa shape index (κ2) is 5.87. The van der Waals surface area contributed by atoms with Crippen molar-refractivity contribution in [2.75, 3.05) is 0 Å². The molecule has 5 heteroatoms. The van der Waals surface area contributed by atoms with Crippen molar-refractivity contribution in [1.29, 1.82) is 0 Å². The van der Waals surface area contributed by atoms with Crippen molar-refractivity contribution in [3.8, 4) is 0 Å². The highest BCUT2D eigenvalue weighted by atomic mass is 32.1. The molecule has 0 saturated carbocycles. The van der Waals surface area contributed by atoms with Crippen LogP contribution in [0.1, 0.15) is 20.9 Å². The molecule has 0 fully saturated rings. The van der Waals surface area contributed by atoms with Crippen molar-refractivity contribution >= 4 is 65.8 Å². The average molecular weight is 390 g/mol. The van der Waals surface area contributed by atoms with Crippen molar-refractivity contribution in [1.82, 2.24) is 5.32 Å². The molecule has 0 unspecified atom stereocenters. The number of fused-ring (bicyclic) bond motifs is 2. The van der Waals surface area contributed by atoms with E-state index >= 15 is 0 Å². The molecule has 0 atom stereocenters. The number of carbonyl (C=O) groups excluding carboxylic acids is 2. The maximum Gasteiger partial charge on any atom is 0.259 e. The Hall–Kier alpha value is -2.76. The summed E-state index contributed by atoms with van der Waals surface area (Å²) in [6, 6.07) is 16.1. The number of hydrogen-bond acceptors (Lipinski definition) is 4. The zero-order valence-corrected chi connectivity index (χ0v) is 16.4. The summed E-state index contributed by atoms with van der Waals surface area (Å²) < 4.78 is 2.24. The van der Waals surface area contributed by atoms with Gasteiger partial charge in [-0.3, -0.25) is 14.9 Å². The smallest absolute Gasteiger partial charge is 0.259 e. The normalized spacial score (nSPS) is 14.6. The number of thiophene rings is 2. The predicted octanol–water partition coefficient (Wildman–Crippen LogP) is 5.30. The highest BCUT2D eigenvalue weighted by Crippen LogP contribution is 2.44. The van der Waals surface area contributed by atoms with Gasteiger partial charge in [0.05, 0.1) is 11.1 Å². The lowest BCUT2D eigenvalue weighted by Gasteiger charge is -2.06. The Morgan fingerprint density at radius 1 is 0.667 bits per heavy atom. The summed E-state index contributed by atoms with van der Waals surface area (Å²) in [5, 5.41) is 4.58. The molecule has 0 saturated heterocycles. The van der Waals surface area contributed by atoms with Gasteiger partial charge in [-0.25, -0.2) is 0 Å². The zero-order chi connectivity index (χ0) is 18.7. The molecular weight excluding hydrogens is 374 g/mol. The minimum absolute atomic E-state index is 0.309. The van der Waals surface area contributed by atoms with Crippen LogP contribution in [0.15, 0.2) is 48.5 Å². The van der Waals surface area contributed by atoms with Gasteiger partial charge < -0.3 is 0 Å². The number of amides is 2. The van der Waals surface area contributed by atoms with Gasteiger partial charge >= 0.3 is 0 Å². The number of rotatable bonds is 2. The van der Waals surface area contributed by atoms with Gasteiger partial charge in [-0.15, -0.1) is 22.7 Å². The zero-order valence-electron chi connectivity index (χ0n) is 14.8. The fourth-order valence-electron chi connectivity index (χ4n) is 3.89. The van der Waals surface area contributed by atoms with Crippen LogP contribution in [0.3, 0.4) is 0 Å². The topological polar surface area (TPSA) is 46.2 Å². The second-order valence-corrected chi connectivity index (χ2v) is 9.10. The molecule has 1 N–H and O–H groups in total. The Morgan fingerprint density at radius 3 is 1.52 bits per heavy atom. The molecule has 0 aliphatic carbocycles. The summed E-state index contributed by atoms with van der Waals surface area (Å²) in [6.45, 7) is 4.03. The Kier molecular flexibility index (Phi) is 3.57. The molecule has 1 aliphatic heterocycles. The number of hydrogen-bond donors (Lipinski definition) is 1. The van der Waals surface area contributed by atoms with Crippen LogP contribution in [-0.4, -0.2) is 11.8 Å². The van der Waals surface area contributed by atoms with Crippen LogP contribution in [0.5, 0.6) is 0 Å². The third-order valence-electron chi connectivity index (χ3n) is 4.97. The molecule has 0 radical (unpaired) electrons. The van der Waals surface area contributed by atoms with Gasteiger partial charge in [-0.1, -0.05) is 36.4 Å². The molecule has 27 heavy (non-hydrogen) atoms. The van der Waals surface area contributed by atoms with Crippen molar-refractivity contribution < 1.29 is 9.59 Å². The van der Waals surface area contributed by atoms with E-state index in [9.17, 15) is 9.59 Å². The molecule has 132 valence electrons. The average Bonchev–Trinajstić information content (AvgIpc) is 3.24. The van der Waals surface area contributed by atoms with Crippen LogP contribution < -0.4 is 5.32 Å². The summed E-state index contributed by atoms with van der Waals surface area (Å²) in [4.78, 5) is 27.8. The molecule has 2 aromatic carbocycles. The summed E-state index contributed by atoms with van der Waals surface area (Å²) in [7, 11) is 0. The lowest BCUT2D eigenvalue weighted by Crippen LogP contribution is -2.22. The van der Waals surface area contributed by atoms with Gasteiger partial charge in [-0.2, -0.15) is 0 Å². The molecular formula is C22H15NO2S2. The van der Waals surface area contributed by atoms with Gasteiger partial charge in [0.15, 0.2) is 0 Å². The Balaban J connectivity index is 1.91. The largest absolute Gasteiger partial charge is 0.288 e. The maximum absolute atomic E-state index is 12.9. The van der Waals surface area contributed by atoms with Gasteiger partial charge in [0.2, 0.25) is 0 Å². The fraction of sp³-hybridized carbons (Fsp3) is 0.0909. The molecule has 0 spiro atoms. The summed E-state index contributed by atoms with van der Waals surface area (Å²) in [6.07, 6.45) is 0. The van der Waals surface area contributed by atoms with Crippen LogP contribution in [0.25, 0.3) is 31.3 Å². The number of carbonyl (C=O) groups is 2. The van der Waals surface area contributed by atoms with Crippen LogP contribution in [-0.2, 0) is 9.59 Å². The highest BCUT2D eigenvalue weighted by Gasteiger charge is 2.36. The molecule has 4 aromatic rings. The van der Waals surface area contributed by atoms with Gasteiger partial charge in [0.25, 0.3) is 11.8 Å². The quantitative estimate of drug-likeness (QED) is 0.473. The third-order valence-corrected chi connectivity index (χ3v) is 7.15. The van der Waals surface area contributed by atoms with Crippen molar-refractivity contribution in [3.05, 3.63) is 69.4 Å². The molecule has 2 aromatic heterocycles. The van der Waals surface area contributed by atoms with Gasteiger partial charge in [0.1, 0.15) is 0 Å². The SMILES string of the molecule is Cc1sc2ccccc2c1C1=C(c2c(C)sc3ccccc23)C(=O)NC1=O. The standard InChI is InChI=1S/C22H15NO2S2/c1-11-17(13-7-3-5-9-15(13)26-11)19-20(22(25)23-21(19)24)18-12(2)27-16-10-6-4-8-14(16)18/h3-10H,1-2H3,(H,23,24,25). The van der Waals surface area contributed by atoms with E-state index in [1.54, 1.807) is 22.7 Å². The van der Waals surface area contributed by atoms with E-state index in [0.29, 0.717) is 11.1 Å². The number of aryl methyl sites for hydroxylation is 2. The Bertz CT molecular complexity index is 1210. The van der Waals surface area contributed by atoms with Crippen molar-refractivity contribution in [2.45, 2.75) is 13.8 Å². The third kappa shape index (κ3) is 2.32. The molecule has 5 rings (SSSR count). The minimum atomic E-state index is -0.309. The van der Waals surface area contributed by atoms with E-state index < -0.39 is 0 Å². The van der Waals surface area contributed by atoms with Crippen LogP contribution in [0, 0.1) is 13.8 Å². The predicted molar refractivity (Wildman–Crippen MR) is 113 cm³/mol. The van der Waals surface area contributed by atoms with Crippen LogP contribution in [0.4, 0.5) is 0 Å². The summed E-state index contributed by atoms with van der Waals surface area (Å²) >= 11 is 3.31. The first kappa shape index (κ1) is 16.4. The Labute approximate surface area is 163 Å². The minimum Gasteiger partial charge on any atom is -0.288 e. The van der Waals surface area contributed by atoms with E-state index in [0.717, 1.165) is 41.1 Å². The lowest BCUT2D eigenvalue weighted by molar-refractivity contribution is -0.122. The van der Waals surface area contributed by atoms with Crippen molar-refractivity contribution in [2.24, 2.45) is 0 Å². The molecule has 3 nitrogen and oxygen atoms in total. The van der Waals surface area contributed by atoms with E-state index in [1.807, 2.05) is 50.2 Å². The highest BCUT2D eigenvalue weighted by molar-refractivity contribution is 7.20. The van der Waals surface area contributed by atoms with Crippen LogP contribution in [0.2, 0.25) is 0 Å². The Morgan fingerprint density at radius 2 is 1.07 bits per heavy atom. The van der Waals surface area contributed by atoms with Crippen molar-refractivity contribution in [3.63, 3.8) is 0 Å². The molecule has 0 bridgehead atoms. The first-order chi connectivity index (χ1) is 13.1. The number of nitrogens with one attached hydrogen (secondary N) is 1. The van der Waals surface area contributed by atoms with Crippen LogP contribution >= 0.6 is 22.7 Å². The summed E-state index contributed by atoms with van der Waals surface area (Å²) in [5.74, 6) is -0.618. The fourth-order valence-corrected chi connectivity index (χ4v) is 6.03. The van der Waals surface area contributed by atoms with E-state index in [-0.39, 0.29) is 11.8 Å². The van der Waals surface area contributed by atoms with E-state index in [2.05, 4.69) is 17.4 Å². The molecule has 3 heterocycles.